The van der Waals surface area contributed by atoms with Crippen LogP contribution in [0.3, 0.4) is 0 Å². The first-order chi connectivity index (χ1) is 9.81. The van der Waals surface area contributed by atoms with Crippen molar-refractivity contribution in [3.63, 3.8) is 0 Å². The van der Waals surface area contributed by atoms with Gasteiger partial charge in [0, 0.05) is 11.4 Å². The minimum absolute atomic E-state index is 0.173. The second-order valence-corrected chi connectivity index (χ2v) is 8.30. The smallest absolute Gasteiger partial charge is 0.242 e. The summed E-state index contributed by atoms with van der Waals surface area (Å²) in [5.74, 6) is 0. The van der Waals surface area contributed by atoms with Crippen molar-refractivity contribution in [2.24, 2.45) is 0 Å². The Morgan fingerprint density at radius 2 is 1.86 bits per heavy atom. The predicted octanol–water partition coefficient (Wildman–Crippen LogP) is 3.12. The summed E-state index contributed by atoms with van der Waals surface area (Å²) < 4.78 is 28.1. The average molecular weight is 345 g/mol. The van der Waals surface area contributed by atoms with Crippen LogP contribution in [0.5, 0.6) is 0 Å². The maximum atomic E-state index is 12.4. The summed E-state index contributed by atoms with van der Waals surface area (Å²) in [7, 11) is -3.61. The Balaban J connectivity index is 2.14. The highest BCUT2D eigenvalue weighted by atomic mass is 35.5. The van der Waals surface area contributed by atoms with E-state index < -0.39 is 10.0 Å². The van der Waals surface area contributed by atoms with Gasteiger partial charge in [0.1, 0.15) is 4.90 Å². The Hall–Kier alpha value is -1.08. The number of sulfonamides is 1. The lowest BCUT2D eigenvalue weighted by Gasteiger charge is -2.13. The first kappa shape index (κ1) is 16.3. The van der Waals surface area contributed by atoms with Crippen molar-refractivity contribution in [2.75, 3.05) is 12.3 Å². The summed E-state index contributed by atoms with van der Waals surface area (Å²) in [5.41, 5.74) is 7.63. The first-order valence-corrected chi connectivity index (χ1v) is 9.08. The molecule has 0 aliphatic heterocycles. The molecule has 7 heteroatoms. The van der Waals surface area contributed by atoms with Crippen LogP contribution in [0.1, 0.15) is 16.0 Å². The van der Waals surface area contributed by atoms with Crippen molar-refractivity contribution in [1.82, 2.24) is 4.72 Å². The molecule has 0 radical (unpaired) electrons. The van der Waals surface area contributed by atoms with Gasteiger partial charge in [0.15, 0.2) is 0 Å². The maximum Gasteiger partial charge on any atom is 0.242 e. The fraction of sp³-hybridized carbons (Fsp3) is 0.286. The van der Waals surface area contributed by atoms with Crippen LogP contribution in [0.25, 0.3) is 0 Å². The molecule has 0 fully saturated rings. The van der Waals surface area contributed by atoms with Crippen LogP contribution in [-0.4, -0.2) is 15.0 Å². The third kappa shape index (κ3) is 3.77. The fourth-order valence-corrected chi connectivity index (χ4v) is 4.58. The predicted molar refractivity (Wildman–Crippen MR) is 88.5 cm³/mol. The quantitative estimate of drug-likeness (QED) is 0.818. The zero-order valence-corrected chi connectivity index (χ0v) is 14.2. The van der Waals surface area contributed by atoms with E-state index in [2.05, 4.69) is 4.72 Å². The second kappa shape index (κ2) is 6.36. The third-order valence-electron chi connectivity index (χ3n) is 3.17. The van der Waals surface area contributed by atoms with Gasteiger partial charge in [-0.05, 0) is 43.5 Å². The lowest BCUT2D eigenvalue weighted by molar-refractivity contribution is 0.581. The van der Waals surface area contributed by atoms with Crippen LogP contribution in [0.15, 0.2) is 29.2 Å². The van der Waals surface area contributed by atoms with Crippen molar-refractivity contribution in [1.29, 1.82) is 0 Å². The summed E-state index contributed by atoms with van der Waals surface area (Å²) in [6.07, 6.45) is 0.599. The van der Waals surface area contributed by atoms with Gasteiger partial charge >= 0.3 is 0 Å². The molecule has 2 aromatic rings. The van der Waals surface area contributed by atoms with Crippen LogP contribution in [0, 0.1) is 13.8 Å². The summed E-state index contributed by atoms with van der Waals surface area (Å²) in [5, 5.41) is 0. The Kier molecular flexibility index (Phi) is 4.93. The maximum absolute atomic E-state index is 12.4. The molecule has 0 aliphatic carbocycles. The zero-order chi connectivity index (χ0) is 15.6. The molecule has 0 aliphatic rings. The van der Waals surface area contributed by atoms with E-state index in [0.717, 1.165) is 10.4 Å². The van der Waals surface area contributed by atoms with E-state index in [4.69, 9.17) is 17.3 Å². The van der Waals surface area contributed by atoms with E-state index in [1.807, 2.05) is 12.1 Å². The number of nitrogen functional groups attached to an aromatic ring is 1. The summed E-state index contributed by atoms with van der Waals surface area (Å²) in [4.78, 5) is 1.21. The molecule has 1 aromatic carbocycles. The zero-order valence-electron chi connectivity index (χ0n) is 11.8. The second-order valence-electron chi connectivity index (χ2n) is 4.80. The molecule has 4 nitrogen and oxygen atoms in total. The van der Waals surface area contributed by atoms with Gasteiger partial charge in [-0.15, -0.1) is 11.3 Å². The molecule has 0 unspecified atom stereocenters. The van der Waals surface area contributed by atoms with Crippen LogP contribution in [-0.2, 0) is 16.4 Å². The van der Waals surface area contributed by atoms with Gasteiger partial charge in [-0.2, -0.15) is 0 Å². The van der Waals surface area contributed by atoms with Crippen molar-refractivity contribution in [3.05, 3.63) is 44.6 Å². The monoisotopic (exact) mass is 344 g/mol. The standard InChI is InChI=1S/C14H17ClN2O2S2/c1-9-3-4-10(2)14(13(9)16)21(18,19)17-8-7-11-5-6-12(15)20-11/h3-6,17H,7-8,16H2,1-2H3. The summed E-state index contributed by atoms with van der Waals surface area (Å²) >= 11 is 7.30. The van der Waals surface area contributed by atoms with Gasteiger partial charge in [0.25, 0.3) is 0 Å². The van der Waals surface area contributed by atoms with Crippen molar-refractivity contribution >= 4 is 38.6 Å². The number of hydrogen-bond acceptors (Lipinski definition) is 4. The fourth-order valence-electron chi connectivity index (χ4n) is 2.03. The van der Waals surface area contributed by atoms with Crippen LogP contribution < -0.4 is 10.5 Å². The molecule has 0 atom stereocenters. The van der Waals surface area contributed by atoms with Crippen molar-refractivity contribution in [3.8, 4) is 0 Å². The number of rotatable bonds is 5. The van der Waals surface area contributed by atoms with Crippen LogP contribution in [0.2, 0.25) is 4.34 Å². The van der Waals surface area contributed by atoms with Gasteiger partial charge in [0.05, 0.1) is 10.0 Å². The van der Waals surface area contributed by atoms with Gasteiger partial charge < -0.3 is 5.73 Å². The van der Waals surface area contributed by atoms with Crippen LogP contribution >= 0.6 is 22.9 Å². The number of halogens is 1. The molecule has 0 spiro atoms. The van der Waals surface area contributed by atoms with Gasteiger partial charge in [-0.3, -0.25) is 0 Å². The molecule has 0 amide bonds. The minimum atomic E-state index is -3.61. The molecule has 114 valence electrons. The number of anilines is 1. The van der Waals surface area contributed by atoms with E-state index >= 15 is 0 Å². The molecule has 0 saturated carbocycles. The van der Waals surface area contributed by atoms with E-state index in [0.29, 0.717) is 28.6 Å². The molecule has 1 heterocycles. The number of thiophene rings is 1. The number of benzene rings is 1. The molecule has 0 bridgehead atoms. The summed E-state index contributed by atoms with van der Waals surface area (Å²) in [6.45, 7) is 3.84. The Morgan fingerprint density at radius 1 is 1.19 bits per heavy atom. The highest BCUT2D eigenvalue weighted by Crippen LogP contribution is 2.26. The Morgan fingerprint density at radius 3 is 2.48 bits per heavy atom. The molecule has 2 rings (SSSR count). The van der Waals surface area contributed by atoms with Gasteiger partial charge in [-0.1, -0.05) is 23.7 Å². The largest absolute Gasteiger partial charge is 0.397 e. The number of nitrogens with two attached hydrogens (primary N) is 1. The Labute approximate surface area is 134 Å². The van der Waals surface area contributed by atoms with Crippen molar-refractivity contribution in [2.45, 2.75) is 25.2 Å². The highest BCUT2D eigenvalue weighted by molar-refractivity contribution is 7.89. The minimum Gasteiger partial charge on any atom is -0.397 e. The van der Waals surface area contributed by atoms with E-state index in [1.165, 1.54) is 11.3 Å². The highest BCUT2D eigenvalue weighted by Gasteiger charge is 2.20. The average Bonchev–Trinajstić information content (AvgIpc) is 2.80. The van der Waals surface area contributed by atoms with E-state index in [-0.39, 0.29) is 4.90 Å². The molecule has 0 saturated heterocycles. The normalized spacial score (nSPS) is 11.8. The summed E-state index contributed by atoms with van der Waals surface area (Å²) in [6, 6.07) is 7.28. The van der Waals surface area contributed by atoms with Gasteiger partial charge in [-0.25, -0.2) is 13.1 Å². The van der Waals surface area contributed by atoms with Crippen LogP contribution in [0.4, 0.5) is 5.69 Å². The molecular weight excluding hydrogens is 328 g/mol. The SMILES string of the molecule is Cc1ccc(C)c(S(=O)(=O)NCCc2ccc(Cl)s2)c1N. The van der Waals surface area contributed by atoms with E-state index in [1.54, 1.807) is 26.0 Å². The third-order valence-corrected chi connectivity index (χ3v) is 6.13. The molecular formula is C14H17ClN2O2S2. The lowest BCUT2D eigenvalue weighted by atomic mass is 10.1. The topological polar surface area (TPSA) is 72.2 Å². The number of aryl methyl sites for hydroxylation is 2. The van der Waals surface area contributed by atoms with Gasteiger partial charge in [0.2, 0.25) is 10.0 Å². The number of hydrogen-bond donors (Lipinski definition) is 2. The molecule has 3 N–H and O–H groups in total. The Bertz CT molecular complexity index is 754. The lowest BCUT2D eigenvalue weighted by Crippen LogP contribution is -2.27. The molecule has 1 aromatic heterocycles. The van der Waals surface area contributed by atoms with E-state index in [9.17, 15) is 8.42 Å². The first-order valence-electron chi connectivity index (χ1n) is 6.41. The molecule has 21 heavy (non-hydrogen) atoms. The number of nitrogens with one attached hydrogen (secondary N) is 1. The van der Waals surface area contributed by atoms with Crippen molar-refractivity contribution < 1.29 is 8.42 Å².